The molecule has 0 saturated heterocycles. The van der Waals surface area contributed by atoms with Crippen LogP contribution >= 0.6 is 28.1 Å². The number of halogens is 1. The van der Waals surface area contributed by atoms with Crippen molar-refractivity contribution in [3.8, 4) is 0 Å². The minimum atomic E-state index is 0.903. The summed E-state index contributed by atoms with van der Waals surface area (Å²) in [6.45, 7) is 5.90. The molecule has 0 bridgehead atoms. The van der Waals surface area contributed by atoms with E-state index in [1.54, 1.807) is 0 Å². The summed E-state index contributed by atoms with van der Waals surface area (Å²) >= 11 is 2.43. The van der Waals surface area contributed by atoms with Gasteiger partial charge in [0.15, 0.2) is 7.00 Å². The fourth-order valence-electron chi connectivity index (χ4n) is 0.154. The quantitative estimate of drug-likeness (QED) is 0.375. The van der Waals surface area contributed by atoms with Crippen LogP contribution in [0.1, 0.15) is 13.8 Å². The van der Waals surface area contributed by atoms with Gasteiger partial charge in [0.05, 0.1) is 0 Å². The first-order chi connectivity index (χ1) is 2.77. The second kappa shape index (κ2) is 4.39. The fraction of sp³-hybridized carbons (Fsp3) is 1.00. The average Bonchev–Trinajstić information content (AvgIpc) is 1.35. The predicted octanol–water partition coefficient (Wildman–Crippen LogP) is 2.19. The van der Waals surface area contributed by atoms with E-state index in [2.05, 4.69) is 35.9 Å². The van der Waals surface area contributed by atoms with Crippen LogP contribution in [0, 0.1) is 0 Å². The molecule has 0 aliphatic heterocycles. The average molecular weight is 214 g/mol. The maximum Gasteiger partial charge on any atom is 0.164 e. The Hall–Kier alpha value is 1.22. The Morgan fingerprint density at radius 2 is 2.17 bits per heavy atom. The number of hydrogen-bond acceptors (Lipinski definition) is 0. The van der Waals surface area contributed by atoms with Gasteiger partial charge in [0.2, 0.25) is 0 Å². The third-order valence-electron chi connectivity index (χ3n) is 0.485. The molecule has 0 heterocycles. The van der Waals surface area contributed by atoms with Crippen molar-refractivity contribution in [2.45, 2.75) is 19.7 Å². The molecule has 0 radical (unpaired) electrons. The van der Waals surface area contributed by atoms with Crippen molar-refractivity contribution >= 4 is 35.1 Å². The van der Waals surface area contributed by atoms with Crippen LogP contribution in [-0.4, -0.2) is 7.00 Å². The molecule has 0 aromatic heterocycles. The van der Waals surface area contributed by atoms with Gasteiger partial charge in [-0.2, -0.15) is 0 Å². The van der Waals surface area contributed by atoms with E-state index in [-0.39, 0.29) is 0 Å². The molecular weight excluding hydrogens is 205 g/mol. The highest BCUT2D eigenvalue weighted by Crippen LogP contribution is 2.22. The van der Waals surface area contributed by atoms with Crippen molar-refractivity contribution in [3.63, 3.8) is 0 Å². The minimum Gasteiger partial charge on any atom is -0.0944 e. The summed E-state index contributed by atoms with van der Waals surface area (Å²) < 4.78 is 0. The van der Waals surface area contributed by atoms with E-state index in [9.17, 15) is 0 Å². The Bertz CT molecular complexity index is 32.0. The lowest BCUT2D eigenvalue weighted by atomic mass is 9.90. The maximum absolute atomic E-state index is 2.43. The van der Waals surface area contributed by atoms with Crippen LogP contribution in [0.25, 0.3) is 0 Å². The van der Waals surface area contributed by atoms with Crippen molar-refractivity contribution < 1.29 is 0 Å². The lowest BCUT2D eigenvalue weighted by Crippen LogP contribution is -1.81. The molecule has 0 fully saturated rings. The topological polar surface area (TPSA) is 0 Å². The monoisotopic (exact) mass is 214 g/mol. The standard InChI is InChI=1S/C3H9BIP/c1-3(2)4-6-5/h3-4,6H,1-2H3. The molecule has 0 aliphatic carbocycles. The zero-order chi connectivity index (χ0) is 4.99. The van der Waals surface area contributed by atoms with E-state index in [0.29, 0.717) is 0 Å². The Morgan fingerprint density at radius 1 is 1.67 bits per heavy atom. The van der Waals surface area contributed by atoms with Gasteiger partial charge in [-0.3, -0.25) is 0 Å². The van der Waals surface area contributed by atoms with Crippen molar-refractivity contribution in [3.05, 3.63) is 0 Å². The van der Waals surface area contributed by atoms with Crippen LogP contribution in [-0.2, 0) is 0 Å². The summed E-state index contributed by atoms with van der Waals surface area (Å²) in [5.74, 6) is 0.903. The molecule has 3 heteroatoms. The first-order valence-corrected chi connectivity index (χ1v) is 6.43. The highest BCUT2D eigenvalue weighted by molar-refractivity contribution is 14.2. The predicted molar refractivity (Wildman–Crippen MR) is 44.6 cm³/mol. The Morgan fingerprint density at radius 3 is 2.17 bits per heavy atom. The van der Waals surface area contributed by atoms with Crippen molar-refractivity contribution in [1.82, 2.24) is 0 Å². The lowest BCUT2D eigenvalue weighted by Gasteiger charge is -1.92. The molecule has 0 saturated carbocycles. The summed E-state index contributed by atoms with van der Waals surface area (Å²) in [6, 6.07) is 0. The van der Waals surface area contributed by atoms with E-state index in [1.165, 1.54) is 7.00 Å². The smallest absolute Gasteiger partial charge is 0.0944 e. The molecule has 0 nitrogen and oxygen atoms in total. The van der Waals surface area contributed by atoms with Crippen LogP contribution in [0.2, 0.25) is 5.82 Å². The molecule has 36 valence electrons. The van der Waals surface area contributed by atoms with Crippen molar-refractivity contribution in [2.75, 3.05) is 0 Å². The largest absolute Gasteiger partial charge is 0.164 e. The van der Waals surface area contributed by atoms with Gasteiger partial charge in [-0.25, -0.2) is 0 Å². The summed E-state index contributed by atoms with van der Waals surface area (Å²) in [5.41, 5.74) is 0. The van der Waals surface area contributed by atoms with E-state index in [0.717, 1.165) is 11.9 Å². The van der Waals surface area contributed by atoms with Crippen LogP contribution in [0.4, 0.5) is 0 Å². The van der Waals surface area contributed by atoms with Crippen molar-refractivity contribution in [2.24, 2.45) is 0 Å². The van der Waals surface area contributed by atoms with E-state index < -0.39 is 0 Å². The normalized spacial score (nSPS) is 11.3. The molecule has 0 amide bonds. The fourth-order valence-corrected chi connectivity index (χ4v) is 3.11. The molecule has 0 N–H and O–H groups in total. The molecule has 0 aromatic carbocycles. The van der Waals surface area contributed by atoms with Gasteiger partial charge >= 0.3 is 0 Å². The van der Waals surface area contributed by atoms with Gasteiger partial charge in [-0.15, -0.1) is 0 Å². The van der Waals surface area contributed by atoms with Crippen molar-refractivity contribution in [1.29, 1.82) is 0 Å². The third-order valence-corrected chi connectivity index (χ3v) is 2.78. The van der Waals surface area contributed by atoms with E-state index >= 15 is 0 Å². The molecule has 0 aliphatic rings. The van der Waals surface area contributed by atoms with Crippen LogP contribution in [0.3, 0.4) is 0 Å². The maximum atomic E-state index is 2.43. The summed E-state index contributed by atoms with van der Waals surface area (Å²) in [6.07, 6.45) is 1.11. The highest BCUT2D eigenvalue weighted by Gasteiger charge is 1.90. The summed E-state index contributed by atoms with van der Waals surface area (Å²) in [4.78, 5) is 0. The first kappa shape index (κ1) is 7.22. The molecule has 0 rings (SSSR count). The Labute approximate surface area is 54.9 Å². The molecule has 1 unspecified atom stereocenters. The van der Waals surface area contributed by atoms with Crippen LogP contribution < -0.4 is 0 Å². The van der Waals surface area contributed by atoms with Gasteiger partial charge in [-0.1, -0.05) is 47.8 Å². The van der Waals surface area contributed by atoms with Crippen LogP contribution in [0.5, 0.6) is 0 Å². The van der Waals surface area contributed by atoms with E-state index in [1.807, 2.05) is 0 Å². The third kappa shape index (κ3) is 5.22. The highest BCUT2D eigenvalue weighted by atomic mass is 127. The van der Waals surface area contributed by atoms with Gasteiger partial charge in [0, 0.05) is 0 Å². The van der Waals surface area contributed by atoms with Gasteiger partial charge < -0.3 is 0 Å². The van der Waals surface area contributed by atoms with Crippen LogP contribution in [0.15, 0.2) is 0 Å². The molecule has 1 atom stereocenters. The summed E-state index contributed by atoms with van der Waals surface area (Å²) in [5, 5.41) is 0. The lowest BCUT2D eigenvalue weighted by molar-refractivity contribution is 1.07. The SMILES string of the molecule is CC(C)BPI. The zero-order valence-electron chi connectivity index (χ0n) is 4.16. The summed E-state index contributed by atoms with van der Waals surface area (Å²) in [7, 11) is 0. The minimum absolute atomic E-state index is 0.903. The second-order valence-electron chi connectivity index (χ2n) is 1.73. The number of rotatable bonds is 2. The molecule has 0 aromatic rings. The van der Waals surface area contributed by atoms with Gasteiger partial charge in [-0.05, 0) is 0 Å². The zero-order valence-corrected chi connectivity index (χ0v) is 7.32. The number of hydrogen-bond donors (Lipinski definition) is 0. The Kier molecular flexibility index (Phi) is 5.28. The second-order valence-corrected chi connectivity index (χ2v) is 4.70. The van der Waals surface area contributed by atoms with E-state index in [4.69, 9.17) is 0 Å². The molecule has 0 spiro atoms. The molecule has 6 heavy (non-hydrogen) atoms. The molecular formula is C3H9BIP. The van der Waals surface area contributed by atoms with Gasteiger partial charge in [0.25, 0.3) is 0 Å². The van der Waals surface area contributed by atoms with Gasteiger partial charge in [0.1, 0.15) is 0 Å². The first-order valence-electron chi connectivity index (χ1n) is 2.11. The Balaban J connectivity index is 2.63.